The molecule has 0 radical (unpaired) electrons. The summed E-state index contributed by atoms with van der Waals surface area (Å²) in [4.78, 5) is 19.3. The van der Waals surface area contributed by atoms with Crippen molar-refractivity contribution in [2.45, 2.75) is 19.9 Å². The normalized spacial score (nSPS) is 12.4. The van der Waals surface area contributed by atoms with Crippen molar-refractivity contribution in [3.05, 3.63) is 63.0 Å². The molecule has 27 heavy (non-hydrogen) atoms. The lowest BCUT2D eigenvalue weighted by atomic mass is 10.1. The Morgan fingerprint density at radius 2 is 2.15 bits per heavy atom. The minimum absolute atomic E-state index is 0.138. The number of aromatic amines is 1. The summed E-state index contributed by atoms with van der Waals surface area (Å²) in [5.41, 5.74) is 1.12. The van der Waals surface area contributed by atoms with Crippen LogP contribution in [0.5, 0.6) is 0 Å². The van der Waals surface area contributed by atoms with E-state index in [2.05, 4.69) is 25.6 Å². The molecular formula is C17H14ClFN6OS. The molecule has 0 bridgehead atoms. The average Bonchev–Trinajstić information content (AvgIpc) is 3.23. The van der Waals surface area contributed by atoms with E-state index in [0.29, 0.717) is 16.1 Å². The van der Waals surface area contributed by atoms with Crippen LogP contribution >= 0.6 is 22.9 Å². The van der Waals surface area contributed by atoms with Gasteiger partial charge in [0.05, 0.1) is 29.6 Å². The number of nitrogens with one attached hydrogen (secondary N) is 2. The van der Waals surface area contributed by atoms with Crippen molar-refractivity contribution in [3.63, 3.8) is 0 Å². The van der Waals surface area contributed by atoms with Crippen molar-refractivity contribution in [2.24, 2.45) is 0 Å². The van der Waals surface area contributed by atoms with E-state index < -0.39 is 5.82 Å². The Morgan fingerprint density at radius 3 is 2.89 bits per heavy atom. The van der Waals surface area contributed by atoms with Crippen LogP contribution in [0.1, 0.15) is 24.2 Å². The van der Waals surface area contributed by atoms with Crippen molar-refractivity contribution >= 4 is 39.0 Å². The number of H-pyrrole nitrogens is 1. The Hall–Kier alpha value is -2.78. The minimum atomic E-state index is -0.561. The van der Waals surface area contributed by atoms with E-state index in [4.69, 9.17) is 11.6 Å². The van der Waals surface area contributed by atoms with Gasteiger partial charge >= 0.3 is 0 Å². The van der Waals surface area contributed by atoms with E-state index in [1.165, 1.54) is 17.4 Å². The van der Waals surface area contributed by atoms with Crippen LogP contribution in [0.15, 0.2) is 35.4 Å². The highest BCUT2D eigenvalue weighted by molar-refractivity contribution is 7.17. The second-order valence-electron chi connectivity index (χ2n) is 6.06. The third-order valence-electron chi connectivity index (χ3n) is 4.13. The first kappa shape index (κ1) is 17.6. The average molecular weight is 405 g/mol. The van der Waals surface area contributed by atoms with Crippen molar-refractivity contribution < 1.29 is 4.39 Å². The number of rotatable bonds is 4. The number of aromatic nitrogens is 5. The Kier molecular flexibility index (Phi) is 4.40. The van der Waals surface area contributed by atoms with Crippen molar-refractivity contribution in [1.82, 2.24) is 25.0 Å². The van der Waals surface area contributed by atoms with E-state index in [1.54, 1.807) is 29.2 Å². The molecule has 7 nitrogen and oxygen atoms in total. The molecule has 0 amide bonds. The van der Waals surface area contributed by atoms with Crippen LogP contribution < -0.4 is 10.9 Å². The maximum absolute atomic E-state index is 14.0. The van der Waals surface area contributed by atoms with Crippen LogP contribution in [0.25, 0.3) is 15.9 Å². The van der Waals surface area contributed by atoms with Gasteiger partial charge in [0.15, 0.2) is 5.13 Å². The van der Waals surface area contributed by atoms with Crippen LogP contribution in [0.3, 0.4) is 0 Å². The van der Waals surface area contributed by atoms with E-state index in [9.17, 15) is 9.18 Å². The van der Waals surface area contributed by atoms with Crippen molar-refractivity contribution in [1.29, 1.82) is 0 Å². The van der Waals surface area contributed by atoms with Gasteiger partial charge in [0.25, 0.3) is 5.56 Å². The lowest BCUT2D eigenvalue weighted by Gasteiger charge is -2.13. The molecule has 10 heteroatoms. The molecule has 0 fully saturated rings. The maximum atomic E-state index is 14.0. The third-order valence-corrected chi connectivity index (χ3v) is 5.25. The second kappa shape index (κ2) is 6.75. The highest BCUT2D eigenvalue weighted by Gasteiger charge is 2.15. The van der Waals surface area contributed by atoms with Crippen LogP contribution in [-0.4, -0.2) is 25.0 Å². The molecule has 0 saturated heterocycles. The molecule has 138 valence electrons. The smallest absolute Gasteiger partial charge is 0.253 e. The summed E-state index contributed by atoms with van der Waals surface area (Å²) in [6.45, 7) is 3.73. The van der Waals surface area contributed by atoms with Crippen LogP contribution in [0.2, 0.25) is 5.02 Å². The van der Waals surface area contributed by atoms with Crippen LogP contribution in [-0.2, 0) is 0 Å². The van der Waals surface area contributed by atoms with Gasteiger partial charge in [0.2, 0.25) is 0 Å². The number of benzene rings is 1. The molecule has 1 aromatic carbocycles. The lowest BCUT2D eigenvalue weighted by Crippen LogP contribution is -2.19. The fraction of sp³-hybridized carbons (Fsp3) is 0.176. The molecule has 3 aromatic heterocycles. The Bertz CT molecular complexity index is 1200. The number of hydrogen-bond donors (Lipinski definition) is 2. The SMILES string of the molecule is Cc1cnnn1-c1cnc(N[C@@H](C)c2cc3cc(Cl)cc(F)c3[nH]c2=O)s1. The number of thiazole rings is 1. The lowest BCUT2D eigenvalue weighted by molar-refractivity contribution is 0.636. The molecule has 0 saturated carbocycles. The van der Waals surface area contributed by atoms with Gasteiger partial charge in [-0.1, -0.05) is 28.2 Å². The van der Waals surface area contributed by atoms with Crippen LogP contribution in [0.4, 0.5) is 9.52 Å². The molecule has 0 spiro atoms. The summed E-state index contributed by atoms with van der Waals surface area (Å²) in [5, 5.41) is 13.3. The second-order valence-corrected chi connectivity index (χ2v) is 7.51. The molecule has 4 rings (SSSR count). The first-order valence-electron chi connectivity index (χ1n) is 8.04. The van der Waals surface area contributed by atoms with Gasteiger partial charge in [-0.05, 0) is 32.0 Å². The number of nitrogens with zero attached hydrogens (tertiary/aromatic N) is 4. The number of aryl methyl sites for hydroxylation is 1. The van der Waals surface area contributed by atoms with Gasteiger partial charge in [-0.15, -0.1) is 5.10 Å². The van der Waals surface area contributed by atoms with Crippen molar-refractivity contribution in [3.8, 4) is 5.00 Å². The summed E-state index contributed by atoms with van der Waals surface area (Å²) in [5.74, 6) is -0.561. The highest BCUT2D eigenvalue weighted by Crippen LogP contribution is 2.27. The molecule has 0 aliphatic heterocycles. The van der Waals surface area contributed by atoms with Crippen LogP contribution in [0, 0.1) is 12.7 Å². The van der Waals surface area contributed by atoms with E-state index in [0.717, 1.165) is 10.7 Å². The van der Waals surface area contributed by atoms with Gasteiger partial charge in [0.1, 0.15) is 10.8 Å². The largest absolute Gasteiger partial charge is 0.355 e. The molecule has 1 atom stereocenters. The molecule has 2 N–H and O–H groups in total. The quantitative estimate of drug-likeness (QED) is 0.539. The number of halogens is 2. The standard InChI is InChI=1S/C17H14ClFN6OS/c1-8-6-21-24-25(8)14-7-20-17(27-14)22-9(2)12-4-10-3-11(18)5-13(19)15(10)23-16(12)26/h3-7,9H,1-2H3,(H,20,22)(H,23,26)/t9-/m0/s1. The molecule has 3 heterocycles. The summed E-state index contributed by atoms with van der Waals surface area (Å²) < 4.78 is 15.7. The molecule has 4 aromatic rings. The highest BCUT2D eigenvalue weighted by atomic mass is 35.5. The first-order valence-corrected chi connectivity index (χ1v) is 9.24. The maximum Gasteiger partial charge on any atom is 0.253 e. The Balaban J connectivity index is 1.64. The predicted octanol–water partition coefficient (Wildman–Crippen LogP) is 3.84. The zero-order chi connectivity index (χ0) is 19.1. The van der Waals surface area contributed by atoms with Crippen molar-refractivity contribution in [2.75, 3.05) is 5.32 Å². The fourth-order valence-electron chi connectivity index (χ4n) is 2.78. The number of anilines is 1. The summed E-state index contributed by atoms with van der Waals surface area (Å²) in [6.07, 6.45) is 3.34. The molecular weight excluding hydrogens is 391 g/mol. The Morgan fingerprint density at radius 1 is 1.33 bits per heavy atom. The predicted molar refractivity (Wildman–Crippen MR) is 103 cm³/mol. The summed E-state index contributed by atoms with van der Waals surface area (Å²) >= 11 is 7.31. The zero-order valence-corrected chi connectivity index (χ0v) is 15.9. The molecule has 0 aliphatic carbocycles. The summed E-state index contributed by atoms with van der Waals surface area (Å²) in [6, 6.07) is 4.07. The number of fused-ring (bicyclic) bond motifs is 1. The van der Waals surface area contributed by atoms with Gasteiger partial charge < -0.3 is 10.3 Å². The number of pyridine rings is 1. The molecule has 0 unspecified atom stereocenters. The summed E-state index contributed by atoms with van der Waals surface area (Å²) in [7, 11) is 0. The third kappa shape index (κ3) is 3.31. The van der Waals surface area contributed by atoms with Gasteiger partial charge in [-0.25, -0.2) is 14.1 Å². The minimum Gasteiger partial charge on any atom is -0.355 e. The first-order chi connectivity index (χ1) is 12.9. The van der Waals surface area contributed by atoms with E-state index in [-0.39, 0.29) is 22.1 Å². The number of hydrogen-bond acceptors (Lipinski definition) is 6. The molecule has 0 aliphatic rings. The monoisotopic (exact) mass is 404 g/mol. The fourth-order valence-corrected chi connectivity index (χ4v) is 3.90. The van der Waals surface area contributed by atoms with Gasteiger partial charge in [0, 0.05) is 16.0 Å². The Labute approximate surface area is 161 Å². The topological polar surface area (TPSA) is 88.5 Å². The zero-order valence-electron chi connectivity index (χ0n) is 14.3. The van der Waals surface area contributed by atoms with Gasteiger partial charge in [-0.3, -0.25) is 4.79 Å². The van der Waals surface area contributed by atoms with E-state index in [1.807, 2.05) is 13.8 Å². The van der Waals surface area contributed by atoms with Gasteiger partial charge in [-0.2, -0.15) is 0 Å². The van der Waals surface area contributed by atoms with E-state index >= 15 is 0 Å².